The van der Waals surface area contributed by atoms with Crippen LogP contribution in [-0.2, 0) is 0 Å². The van der Waals surface area contributed by atoms with Gasteiger partial charge < -0.3 is 14.8 Å². The van der Waals surface area contributed by atoms with Crippen molar-refractivity contribution in [1.82, 2.24) is 4.57 Å². The number of phenols is 1. The van der Waals surface area contributed by atoms with E-state index < -0.39 is 5.97 Å². The number of nitrogens with zero attached hydrogens (tertiary/aromatic N) is 1. The van der Waals surface area contributed by atoms with Gasteiger partial charge in [-0.25, -0.2) is 4.79 Å². The van der Waals surface area contributed by atoms with Crippen molar-refractivity contribution in [2.24, 2.45) is 0 Å². The number of aromatic hydroxyl groups is 1. The zero-order valence-electron chi connectivity index (χ0n) is 9.47. The summed E-state index contributed by atoms with van der Waals surface area (Å²) < 4.78 is 1.90. The molecular weight excluding hydrogens is 218 g/mol. The van der Waals surface area contributed by atoms with Gasteiger partial charge in [-0.3, -0.25) is 0 Å². The van der Waals surface area contributed by atoms with Gasteiger partial charge in [0.2, 0.25) is 0 Å². The number of hydrogen-bond acceptors (Lipinski definition) is 2. The molecule has 2 aromatic rings. The van der Waals surface area contributed by atoms with Crippen molar-refractivity contribution in [1.29, 1.82) is 0 Å². The van der Waals surface area contributed by atoms with Gasteiger partial charge in [-0.15, -0.1) is 0 Å². The van der Waals surface area contributed by atoms with Crippen molar-refractivity contribution < 1.29 is 15.0 Å². The molecule has 4 heteroatoms. The summed E-state index contributed by atoms with van der Waals surface area (Å²) >= 11 is 0. The second-order valence-electron chi connectivity index (χ2n) is 4.58. The molecule has 1 fully saturated rings. The number of rotatable bonds is 2. The minimum atomic E-state index is -0.898. The minimum Gasteiger partial charge on any atom is -0.508 e. The number of carboxylic acids is 1. The van der Waals surface area contributed by atoms with E-state index in [0.29, 0.717) is 11.7 Å². The highest BCUT2D eigenvalue weighted by Gasteiger charge is 2.31. The second kappa shape index (κ2) is 3.26. The number of fused-ring (bicyclic) bond motifs is 1. The number of hydrogen-bond donors (Lipinski definition) is 2. The number of carbonyl (C=O) groups is 1. The zero-order chi connectivity index (χ0) is 12.2. The van der Waals surface area contributed by atoms with Crippen LogP contribution in [0.25, 0.3) is 10.9 Å². The fraction of sp³-hybridized carbons (Fsp3) is 0.308. The first kappa shape index (κ1) is 10.2. The van der Waals surface area contributed by atoms with Gasteiger partial charge in [0.25, 0.3) is 0 Å². The Morgan fingerprint density at radius 2 is 2.12 bits per heavy atom. The standard InChI is InChI=1S/C13H13NO3/c1-7-10-6-9(15)4-5-11(10)14(8-2-3-8)12(7)13(16)17/h4-6,8,15H,2-3H2,1H3,(H,16,17). The monoisotopic (exact) mass is 231 g/mol. The third-order valence-corrected chi connectivity index (χ3v) is 3.35. The molecule has 0 saturated heterocycles. The van der Waals surface area contributed by atoms with Gasteiger partial charge in [0, 0.05) is 16.9 Å². The number of aromatic carboxylic acids is 1. The Labute approximate surface area is 98.1 Å². The molecule has 17 heavy (non-hydrogen) atoms. The average Bonchev–Trinajstić information content (AvgIpc) is 3.05. The van der Waals surface area contributed by atoms with Gasteiger partial charge >= 0.3 is 5.97 Å². The zero-order valence-corrected chi connectivity index (χ0v) is 9.47. The van der Waals surface area contributed by atoms with Crippen LogP contribution in [0, 0.1) is 6.92 Å². The minimum absolute atomic E-state index is 0.172. The molecular formula is C13H13NO3. The first-order valence-corrected chi connectivity index (χ1v) is 5.66. The number of benzene rings is 1. The maximum absolute atomic E-state index is 11.3. The van der Waals surface area contributed by atoms with Crippen molar-refractivity contribution >= 4 is 16.9 Å². The van der Waals surface area contributed by atoms with Gasteiger partial charge in [-0.2, -0.15) is 0 Å². The quantitative estimate of drug-likeness (QED) is 0.835. The first-order chi connectivity index (χ1) is 8.09. The Morgan fingerprint density at radius 1 is 1.41 bits per heavy atom. The van der Waals surface area contributed by atoms with E-state index in [2.05, 4.69) is 0 Å². The van der Waals surface area contributed by atoms with Crippen LogP contribution >= 0.6 is 0 Å². The molecule has 1 aromatic carbocycles. The molecule has 2 N–H and O–H groups in total. The van der Waals surface area contributed by atoms with Crippen molar-refractivity contribution in [3.63, 3.8) is 0 Å². The summed E-state index contributed by atoms with van der Waals surface area (Å²) in [5, 5.41) is 19.6. The molecule has 1 aliphatic carbocycles. The van der Waals surface area contributed by atoms with E-state index in [1.54, 1.807) is 25.1 Å². The topological polar surface area (TPSA) is 62.5 Å². The van der Waals surface area contributed by atoms with E-state index in [1.807, 2.05) is 4.57 Å². The molecule has 1 saturated carbocycles. The summed E-state index contributed by atoms with van der Waals surface area (Å²) in [7, 11) is 0. The molecule has 0 unspecified atom stereocenters. The maximum Gasteiger partial charge on any atom is 0.352 e. The van der Waals surface area contributed by atoms with E-state index >= 15 is 0 Å². The summed E-state index contributed by atoms with van der Waals surface area (Å²) in [6.07, 6.45) is 2.06. The molecule has 88 valence electrons. The van der Waals surface area contributed by atoms with Crippen molar-refractivity contribution in [2.45, 2.75) is 25.8 Å². The second-order valence-corrected chi connectivity index (χ2v) is 4.58. The van der Waals surface area contributed by atoms with Crippen molar-refractivity contribution in [3.05, 3.63) is 29.5 Å². The lowest BCUT2D eigenvalue weighted by Gasteiger charge is -2.06. The van der Waals surface area contributed by atoms with E-state index in [4.69, 9.17) is 0 Å². The summed E-state index contributed by atoms with van der Waals surface area (Å²) in [4.78, 5) is 11.3. The predicted molar refractivity (Wildman–Crippen MR) is 63.6 cm³/mol. The highest BCUT2D eigenvalue weighted by molar-refractivity contribution is 5.98. The van der Waals surface area contributed by atoms with Crippen LogP contribution in [0.2, 0.25) is 0 Å². The lowest BCUT2D eigenvalue weighted by Crippen LogP contribution is -2.08. The van der Waals surface area contributed by atoms with E-state index in [9.17, 15) is 15.0 Å². The fourth-order valence-corrected chi connectivity index (χ4v) is 2.44. The van der Waals surface area contributed by atoms with Crippen molar-refractivity contribution in [2.75, 3.05) is 0 Å². The molecule has 0 atom stereocenters. The number of aryl methyl sites for hydroxylation is 1. The molecule has 0 bridgehead atoms. The molecule has 3 rings (SSSR count). The molecule has 0 amide bonds. The SMILES string of the molecule is Cc1c(C(=O)O)n(C2CC2)c2ccc(O)cc12. The molecule has 0 spiro atoms. The largest absolute Gasteiger partial charge is 0.508 e. The Balaban J connectivity index is 2.40. The van der Waals surface area contributed by atoms with Gasteiger partial charge in [-0.1, -0.05) is 0 Å². The molecule has 1 heterocycles. The predicted octanol–water partition coefficient (Wildman–Crippen LogP) is 2.69. The van der Waals surface area contributed by atoms with Crippen LogP contribution in [0.15, 0.2) is 18.2 Å². The van der Waals surface area contributed by atoms with Crippen LogP contribution < -0.4 is 0 Å². The Kier molecular flexibility index (Phi) is 1.96. The van der Waals surface area contributed by atoms with Crippen molar-refractivity contribution in [3.8, 4) is 5.75 Å². The third-order valence-electron chi connectivity index (χ3n) is 3.35. The Bertz CT molecular complexity index is 623. The number of aromatic nitrogens is 1. The van der Waals surface area contributed by atoms with E-state index in [1.165, 1.54) is 0 Å². The third kappa shape index (κ3) is 1.40. The van der Waals surface area contributed by atoms with E-state index in [-0.39, 0.29) is 5.75 Å². The summed E-state index contributed by atoms with van der Waals surface area (Å²) in [5.41, 5.74) is 1.99. The Morgan fingerprint density at radius 3 is 2.71 bits per heavy atom. The molecule has 0 radical (unpaired) electrons. The lowest BCUT2D eigenvalue weighted by molar-refractivity contribution is 0.0684. The maximum atomic E-state index is 11.3. The summed E-state index contributed by atoms with van der Waals surface area (Å²) in [5.74, 6) is -0.726. The van der Waals surface area contributed by atoms with Crippen LogP contribution in [0.5, 0.6) is 5.75 Å². The summed E-state index contributed by atoms with van der Waals surface area (Å²) in [6.45, 7) is 1.80. The average molecular weight is 231 g/mol. The fourth-order valence-electron chi connectivity index (χ4n) is 2.44. The van der Waals surface area contributed by atoms with Crippen LogP contribution in [0.1, 0.15) is 34.9 Å². The van der Waals surface area contributed by atoms with Crippen LogP contribution in [0.4, 0.5) is 0 Å². The highest BCUT2D eigenvalue weighted by atomic mass is 16.4. The van der Waals surface area contributed by atoms with E-state index in [0.717, 1.165) is 29.3 Å². The van der Waals surface area contributed by atoms with Gasteiger partial charge in [0.05, 0.1) is 0 Å². The van der Waals surface area contributed by atoms with Crippen LogP contribution in [-0.4, -0.2) is 20.7 Å². The number of phenolic OH excluding ortho intramolecular Hbond substituents is 1. The molecule has 4 nitrogen and oxygen atoms in total. The normalized spacial score (nSPS) is 15.4. The summed E-state index contributed by atoms with van der Waals surface area (Å²) in [6, 6.07) is 5.34. The first-order valence-electron chi connectivity index (χ1n) is 5.66. The van der Waals surface area contributed by atoms with Gasteiger partial charge in [0.1, 0.15) is 11.4 Å². The molecule has 0 aliphatic heterocycles. The Hall–Kier alpha value is -1.97. The van der Waals surface area contributed by atoms with Gasteiger partial charge in [0.15, 0.2) is 0 Å². The van der Waals surface area contributed by atoms with Gasteiger partial charge in [-0.05, 0) is 43.5 Å². The molecule has 1 aliphatic rings. The molecule has 1 aromatic heterocycles. The highest BCUT2D eigenvalue weighted by Crippen LogP contribution is 2.41. The lowest BCUT2D eigenvalue weighted by atomic mass is 10.1. The number of carboxylic acid groups (broad SMARTS) is 1. The smallest absolute Gasteiger partial charge is 0.352 e. The van der Waals surface area contributed by atoms with Crippen LogP contribution in [0.3, 0.4) is 0 Å².